The first-order valence-electron chi connectivity index (χ1n) is 7.97. The van der Waals surface area contributed by atoms with Gasteiger partial charge in [0.2, 0.25) is 4.80 Å². The van der Waals surface area contributed by atoms with Gasteiger partial charge in [0.25, 0.3) is 10.0 Å². The van der Waals surface area contributed by atoms with Gasteiger partial charge >= 0.3 is 0 Å². The number of sulfonamides is 1. The molecule has 0 radical (unpaired) electrons. The number of nitrogens with zero attached hydrogens (tertiary/aromatic N) is 2. The molecule has 3 aromatic carbocycles. The number of aryl methyl sites for hydroxylation is 1. The Morgan fingerprint density at radius 2 is 1.68 bits per heavy atom. The molecule has 0 amide bonds. The standard InChI is InChI=1S/C19H16N2O2S2/c1-2-21-17-13-12-14-8-6-7-11-16(14)18(17)24-19(21)20-25(22,23)15-9-4-3-5-10-15/h3-13H,2H2,1H3/b20-19+. The first-order valence-corrected chi connectivity index (χ1v) is 10.2. The lowest BCUT2D eigenvalue weighted by Gasteiger charge is -2.02. The predicted octanol–water partition coefficient (Wildman–Crippen LogP) is 4.17. The van der Waals surface area contributed by atoms with Crippen molar-refractivity contribution in [2.45, 2.75) is 18.4 Å². The summed E-state index contributed by atoms with van der Waals surface area (Å²) in [6.45, 7) is 2.65. The zero-order valence-electron chi connectivity index (χ0n) is 13.6. The van der Waals surface area contributed by atoms with Crippen LogP contribution >= 0.6 is 11.3 Å². The van der Waals surface area contributed by atoms with Gasteiger partial charge in [-0.1, -0.05) is 59.9 Å². The Morgan fingerprint density at radius 3 is 2.44 bits per heavy atom. The van der Waals surface area contributed by atoms with Gasteiger partial charge in [0.05, 0.1) is 15.1 Å². The summed E-state index contributed by atoms with van der Waals surface area (Å²) in [7, 11) is -3.73. The van der Waals surface area contributed by atoms with Crippen molar-refractivity contribution in [3.8, 4) is 0 Å². The number of hydrogen-bond acceptors (Lipinski definition) is 3. The average Bonchev–Trinajstić information content (AvgIpc) is 2.99. The minimum Gasteiger partial charge on any atom is -0.316 e. The fraction of sp³-hybridized carbons (Fsp3) is 0.105. The van der Waals surface area contributed by atoms with Gasteiger partial charge in [0, 0.05) is 11.9 Å². The molecule has 0 atom stereocenters. The molecule has 4 nitrogen and oxygen atoms in total. The molecule has 0 aliphatic rings. The van der Waals surface area contributed by atoms with E-state index in [0.29, 0.717) is 11.3 Å². The molecular formula is C19H16N2O2S2. The molecule has 0 aliphatic heterocycles. The molecular weight excluding hydrogens is 352 g/mol. The van der Waals surface area contributed by atoms with Crippen molar-refractivity contribution in [1.29, 1.82) is 0 Å². The number of fused-ring (bicyclic) bond motifs is 3. The Kier molecular flexibility index (Phi) is 3.94. The summed E-state index contributed by atoms with van der Waals surface area (Å²) in [4.78, 5) is 0.706. The molecule has 0 unspecified atom stereocenters. The molecule has 6 heteroatoms. The molecule has 126 valence electrons. The lowest BCUT2D eigenvalue weighted by atomic mass is 10.1. The summed E-state index contributed by atoms with van der Waals surface area (Å²) in [5.41, 5.74) is 1.01. The van der Waals surface area contributed by atoms with Crippen molar-refractivity contribution in [2.24, 2.45) is 4.40 Å². The van der Waals surface area contributed by atoms with Crippen LogP contribution in [0.3, 0.4) is 0 Å². The van der Waals surface area contributed by atoms with Crippen LogP contribution in [0.25, 0.3) is 21.0 Å². The van der Waals surface area contributed by atoms with Crippen LogP contribution < -0.4 is 4.80 Å². The number of hydrogen-bond donors (Lipinski definition) is 0. The molecule has 25 heavy (non-hydrogen) atoms. The van der Waals surface area contributed by atoms with E-state index < -0.39 is 10.0 Å². The van der Waals surface area contributed by atoms with Gasteiger partial charge in [0.15, 0.2) is 0 Å². The van der Waals surface area contributed by atoms with Gasteiger partial charge in [0.1, 0.15) is 0 Å². The normalized spacial score (nSPS) is 12.9. The second-order valence-corrected chi connectivity index (χ2v) is 8.22. The summed E-state index contributed by atoms with van der Waals surface area (Å²) in [6, 6.07) is 20.5. The molecule has 0 spiro atoms. The van der Waals surface area contributed by atoms with Crippen molar-refractivity contribution < 1.29 is 8.42 Å². The highest BCUT2D eigenvalue weighted by Gasteiger charge is 2.14. The number of thiazole rings is 1. The van der Waals surface area contributed by atoms with E-state index in [1.807, 2.05) is 29.7 Å². The van der Waals surface area contributed by atoms with Gasteiger partial charge in [-0.2, -0.15) is 8.42 Å². The maximum Gasteiger partial charge on any atom is 0.285 e. The second-order valence-electron chi connectivity index (χ2n) is 5.64. The molecule has 4 rings (SSSR count). The highest BCUT2D eigenvalue weighted by molar-refractivity contribution is 7.90. The quantitative estimate of drug-likeness (QED) is 0.545. The molecule has 1 heterocycles. The van der Waals surface area contributed by atoms with E-state index in [1.54, 1.807) is 30.3 Å². The number of benzene rings is 3. The van der Waals surface area contributed by atoms with E-state index in [2.05, 4.69) is 22.6 Å². The molecule has 4 aromatic rings. The van der Waals surface area contributed by atoms with Gasteiger partial charge in [-0.05, 0) is 30.5 Å². The van der Waals surface area contributed by atoms with Crippen LogP contribution in [0.2, 0.25) is 0 Å². The lowest BCUT2D eigenvalue weighted by Crippen LogP contribution is -2.16. The van der Waals surface area contributed by atoms with E-state index >= 15 is 0 Å². The van der Waals surface area contributed by atoms with Crippen LogP contribution in [0, 0.1) is 0 Å². The molecule has 0 aliphatic carbocycles. The van der Waals surface area contributed by atoms with Gasteiger partial charge in [-0.3, -0.25) is 0 Å². The largest absolute Gasteiger partial charge is 0.316 e. The van der Waals surface area contributed by atoms with Crippen LogP contribution in [0.5, 0.6) is 0 Å². The van der Waals surface area contributed by atoms with E-state index in [1.165, 1.54) is 11.3 Å². The predicted molar refractivity (Wildman–Crippen MR) is 102 cm³/mol. The zero-order chi connectivity index (χ0) is 17.4. The van der Waals surface area contributed by atoms with Crippen molar-refractivity contribution in [2.75, 3.05) is 0 Å². The van der Waals surface area contributed by atoms with Crippen LogP contribution in [0.15, 0.2) is 76.0 Å². The molecule has 0 saturated heterocycles. The maximum atomic E-state index is 12.6. The minimum atomic E-state index is -3.73. The molecule has 0 bridgehead atoms. The highest BCUT2D eigenvalue weighted by atomic mass is 32.2. The van der Waals surface area contributed by atoms with E-state index in [-0.39, 0.29) is 4.90 Å². The lowest BCUT2D eigenvalue weighted by molar-refractivity contribution is 0.595. The van der Waals surface area contributed by atoms with E-state index in [9.17, 15) is 8.42 Å². The summed E-state index contributed by atoms with van der Waals surface area (Å²) in [6.07, 6.45) is 0. The molecule has 0 saturated carbocycles. The van der Waals surface area contributed by atoms with Crippen LogP contribution in [0.4, 0.5) is 0 Å². The van der Waals surface area contributed by atoms with E-state index in [4.69, 9.17) is 0 Å². The fourth-order valence-electron chi connectivity index (χ4n) is 2.92. The fourth-order valence-corrected chi connectivity index (χ4v) is 5.38. The Labute approximate surface area is 149 Å². The summed E-state index contributed by atoms with van der Waals surface area (Å²) < 4.78 is 32.4. The maximum absolute atomic E-state index is 12.6. The Bertz CT molecular complexity index is 1240. The third-order valence-corrected chi connectivity index (χ3v) is 6.65. The third-order valence-electron chi connectivity index (χ3n) is 4.13. The first kappa shape index (κ1) is 16.1. The van der Waals surface area contributed by atoms with Crippen molar-refractivity contribution in [1.82, 2.24) is 4.57 Å². The van der Waals surface area contributed by atoms with Crippen molar-refractivity contribution in [3.05, 3.63) is 71.5 Å². The highest BCUT2D eigenvalue weighted by Crippen LogP contribution is 2.27. The molecule has 0 fully saturated rings. The van der Waals surface area contributed by atoms with Gasteiger partial charge < -0.3 is 4.57 Å². The van der Waals surface area contributed by atoms with Crippen LogP contribution in [0.1, 0.15) is 6.92 Å². The van der Waals surface area contributed by atoms with Crippen LogP contribution in [-0.2, 0) is 16.6 Å². The number of aromatic nitrogens is 1. The van der Waals surface area contributed by atoms with Crippen molar-refractivity contribution in [3.63, 3.8) is 0 Å². The van der Waals surface area contributed by atoms with Gasteiger partial charge in [-0.15, -0.1) is 4.40 Å². The summed E-state index contributed by atoms with van der Waals surface area (Å²) in [5.74, 6) is 0. The minimum absolute atomic E-state index is 0.208. The van der Waals surface area contributed by atoms with Gasteiger partial charge in [-0.25, -0.2) is 0 Å². The Morgan fingerprint density at radius 1 is 0.960 bits per heavy atom. The molecule has 0 N–H and O–H groups in total. The summed E-state index contributed by atoms with van der Waals surface area (Å²) >= 11 is 1.42. The topological polar surface area (TPSA) is 51.4 Å². The van der Waals surface area contributed by atoms with Crippen molar-refractivity contribution >= 4 is 42.3 Å². The third kappa shape index (κ3) is 2.77. The van der Waals surface area contributed by atoms with E-state index in [0.717, 1.165) is 21.0 Å². The zero-order valence-corrected chi connectivity index (χ0v) is 15.2. The Hall–Kier alpha value is -2.44. The SMILES string of the molecule is CCn1/c(=N\S(=O)(=O)c2ccccc2)sc2c3ccccc3ccc21. The molecule has 1 aromatic heterocycles. The Balaban J connectivity index is 2.03. The average molecular weight is 368 g/mol. The monoisotopic (exact) mass is 368 g/mol. The first-order chi connectivity index (χ1) is 12.1. The number of rotatable bonds is 3. The smallest absolute Gasteiger partial charge is 0.285 e. The second kappa shape index (κ2) is 6.13. The van der Waals surface area contributed by atoms with Crippen LogP contribution in [-0.4, -0.2) is 13.0 Å². The summed E-state index contributed by atoms with van der Waals surface area (Å²) in [5, 5.41) is 2.25.